The van der Waals surface area contributed by atoms with Crippen molar-refractivity contribution in [3.63, 3.8) is 0 Å². The number of ether oxygens (including phenoxy) is 1. The predicted octanol–water partition coefficient (Wildman–Crippen LogP) is 4.30. The minimum atomic E-state index is -4.45. The van der Waals surface area contributed by atoms with Crippen molar-refractivity contribution in [2.75, 3.05) is 12.3 Å². The lowest BCUT2D eigenvalue weighted by atomic mass is 9.81. The van der Waals surface area contributed by atoms with Crippen LogP contribution in [0.3, 0.4) is 0 Å². The zero-order valence-electron chi connectivity index (χ0n) is 20.7. The summed E-state index contributed by atoms with van der Waals surface area (Å²) >= 11 is 0. The van der Waals surface area contributed by atoms with Gasteiger partial charge < -0.3 is 9.29 Å². The number of benzene rings is 3. The van der Waals surface area contributed by atoms with Gasteiger partial charge in [0.05, 0.1) is 25.8 Å². The summed E-state index contributed by atoms with van der Waals surface area (Å²) in [4.78, 5) is 13.6. The summed E-state index contributed by atoms with van der Waals surface area (Å²) in [7, 11) is -2.96. The van der Waals surface area contributed by atoms with Crippen LogP contribution in [0.4, 0.5) is 5.69 Å². The molecule has 0 unspecified atom stereocenters. The SMILES string of the molecule is Cc1ccc(S(=O)(=O)Cl)c(C)c1OC(=O)C1=[N+](CCCS(=O)(=O)[O-])c2c(ccc3ccccc23)C1(C)C. The summed E-state index contributed by atoms with van der Waals surface area (Å²) in [6.45, 7) is 7.00. The van der Waals surface area contributed by atoms with Crippen molar-refractivity contribution in [2.45, 2.75) is 44.4 Å². The molecule has 0 bridgehead atoms. The second-order valence-corrected chi connectivity index (χ2v) is 13.6. The van der Waals surface area contributed by atoms with E-state index >= 15 is 0 Å². The van der Waals surface area contributed by atoms with Crippen LogP contribution in [-0.2, 0) is 29.4 Å². The average Bonchev–Trinajstić information content (AvgIpc) is 3.01. The summed E-state index contributed by atoms with van der Waals surface area (Å²) < 4.78 is 65.5. The first-order valence-electron chi connectivity index (χ1n) is 11.5. The molecule has 3 aromatic carbocycles. The third-order valence-electron chi connectivity index (χ3n) is 6.69. The number of esters is 1. The van der Waals surface area contributed by atoms with Crippen LogP contribution in [-0.4, -0.2) is 49.9 Å². The number of aryl methyl sites for hydroxylation is 1. The van der Waals surface area contributed by atoms with Gasteiger partial charge in [0.15, 0.2) is 6.54 Å². The van der Waals surface area contributed by atoms with E-state index in [0.29, 0.717) is 5.56 Å². The Labute approximate surface area is 220 Å². The van der Waals surface area contributed by atoms with Crippen molar-refractivity contribution in [3.05, 3.63) is 65.2 Å². The molecule has 1 aliphatic rings. The lowest BCUT2D eigenvalue weighted by Crippen LogP contribution is -2.39. The smallest absolute Gasteiger partial charge is 0.405 e. The molecule has 11 heteroatoms. The number of carbonyl (C=O) groups is 1. The zero-order chi connectivity index (χ0) is 27.3. The maximum absolute atomic E-state index is 13.8. The fourth-order valence-electron chi connectivity index (χ4n) is 4.99. The maximum Gasteiger partial charge on any atom is 0.405 e. The van der Waals surface area contributed by atoms with Gasteiger partial charge in [-0.15, -0.1) is 0 Å². The van der Waals surface area contributed by atoms with Gasteiger partial charge in [0.2, 0.25) is 5.69 Å². The summed E-state index contributed by atoms with van der Waals surface area (Å²) in [5.41, 5.74) is 1.73. The number of carbonyl (C=O) groups excluding carboxylic acids is 1. The molecule has 8 nitrogen and oxygen atoms in total. The number of halogens is 1. The summed E-state index contributed by atoms with van der Waals surface area (Å²) in [5.74, 6) is -1.22. The molecule has 3 aromatic rings. The molecule has 0 spiro atoms. The highest BCUT2D eigenvalue weighted by molar-refractivity contribution is 8.13. The summed E-state index contributed by atoms with van der Waals surface area (Å²) in [5, 5.41) is 1.79. The fraction of sp³-hybridized carbons (Fsp3) is 0.308. The van der Waals surface area contributed by atoms with E-state index in [4.69, 9.17) is 15.4 Å². The monoisotopic (exact) mass is 563 g/mol. The van der Waals surface area contributed by atoms with Gasteiger partial charge in [-0.2, -0.15) is 4.58 Å². The Balaban J connectivity index is 1.89. The van der Waals surface area contributed by atoms with Gasteiger partial charge in [-0.3, -0.25) is 0 Å². The molecule has 0 saturated heterocycles. The van der Waals surface area contributed by atoms with E-state index in [1.165, 1.54) is 19.1 Å². The molecule has 4 rings (SSSR count). The normalized spacial score (nSPS) is 15.2. The van der Waals surface area contributed by atoms with Crippen molar-refractivity contribution < 1.29 is 35.5 Å². The molecule has 37 heavy (non-hydrogen) atoms. The Hall–Kier alpha value is -2.79. The quantitative estimate of drug-likeness (QED) is 0.138. The molecule has 0 aliphatic carbocycles. The maximum atomic E-state index is 13.8. The number of hydrogen-bond acceptors (Lipinski definition) is 7. The van der Waals surface area contributed by atoms with Crippen LogP contribution in [0.5, 0.6) is 5.75 Å². The van der Waals surface area contributed by atoms with E-state index in [-0.39, 0.29) is 34.9 Å². The third-order valence-corrected chi connectivity index (χ3v) is 8.94. The fourth-order valence-corrected chi connectivity index (χ4v) is 6.66. The van der Waals surface area contributed by atoms with Gasteiger partial charge in [-0.05, 0) is 50.8 Å². The summed E-state index contributed by atoms with van der Waals surface area (Å²) in [6.07, 6.45) is -0.000608. The minimum absolute atomic E-state index is 0.000608. The molecule has 0 amide bonds. The van der Waals surface area contributed by atoms with E-state index in [1.54, 1.807) is 11.5 Å². The Kier molecular flexibility index (Phi) is 7.00. The molecule has 0 aromatic heterocycles. The molecule has 1 heterocycles. The van der Waals surface area contributed by atoms with Crippen LogP contribution in [0.2, 0.25) is 0 Å². The van der Waals surface area contributed by atoms with E-state index in [0.717, 1.165) is 22.0 Å². The zero-order valence-corrected chi connectivity index (χ0v) is 23.1. The van der Waals surface area contributed by atoms with Crippen LogP contribution >= 0.6 is 10.7 Å². The topological polar surface area (TPSA) is 121 Å². The van der Waals surface area contributed by atoms with Gasteiger partial charge in [-0.1, -0.05) is 36.4 Å². The summed E-state index contributed by atoms with van der Waals surface area (Å²) in [6, 6.07) is 14.4. The lowest BCUT2D eigenvalue weighted by molar-refractivity contribution is -0.436. The molecule has 0 saturated carbocycles. The van der Waals surface area contributed by atoms with Crippen molar-refractivity contribution in [1.82, 2.24) is 0 Å². The number of nitrogens with zero attached hydrogens (tertiary/aromatic N) is 1. The number of rotatable bonds is 7. The minimum Gasteiger partial charge on any atom is -0.748 e. The van der Waals surface area contributed by atoms with Crippen molar-refractivity contribution >= 4 is 58.0 Å². The second-order valence-electron chi connectivity index (χ2n) is 9.59. The van der Waals surface area contributed by atoms with Crippen LogP contribution in [0, 0.1) is 13.8 Å². The van der Waals surface area contributed by atoms with E-state index in [9.17, 15) is 26.2 Å². The Morgan fingerprint density at radius 3 is 2.35 bits per heavy atom. The Bertz CT molecular complexity index is 1690. The van der Waals surface area contributed by atoms with Crippen LogP contribution in [0.15, 0.2) is 53.4 Å². The van der Waals surface area contributed by atoms with Gasteiger partial charge >= 0.3 is 5.97 Å². The Morgan fingerprint density at radius 2 is 1.70 bits per heavy atom. The van der Waals surface area contributed by atoms with Crippen molar-refractivity contribution in [2.24, 2.45) is 0 Å². The highest BCUT2D eigenvalue weighted by Crippen LogP contribution is 2.44. The van der Waals surface area contributed by atoms with E-state index in [1.807, 2.05) is 50.2 Å². The second kappa shape index (κ2) is 9.50. The first-order valence-corrected chi connectivity index (χ1v) is 15.4. The van der Waals surface area contributed by atoms with Crippen LogP contribution < -0.4 is 4.74 Å². The molecule has 0 N–H and O–H groups in total. The standard InChI is InChI=1S/C26H26ClNO7S2/c1-16-10-13-21(37(27,33)34)17(2)23(16)35-25(29)24-26(3,4)20-12-11-18-8-5-6-9-19(18)22(20)28(24)14-7-15-36(30,31)32/h5-6,8-13H,7,14-15H2,1-4H3. The van der Waals surface area contributed by atoms with Gasteiger partial charge in [0.1, 0.15) is 5.75 Å². The van der Waals surface area contributed by atoms with Crippen molar-refractivity contribution in [1.29, 1.82) is 0 Å². The molecule has 0 atom stereocenters. The average molecular weight is 564 g/mol. The first-order chi connectivity index (χ1) is 17.1. The molecule has 196 valence electrons. The molecule has 0 fully saturated rings. The van der Waals surface area contributed by atoms with E-state index < -0.39 is 36.3 Å². The molecule has 1 aliphatic heterocycles. The molecular formula is C26H26ClNO7S2. The first kappa shape index (κ1) is 27.3. The predicted molar refractivity (Wildman–Crippen MR) is 141 cm³/mol. The van der Waals surface area contributed by atoms with Gasteiger partial charge in [0, 0.05) is 34.0 Å². The highest BCUT2D eigenvalue weighted by atomic mass is 35.7. The number of hydrogen-bond donors (Lipinski definition) is 0. The highest BCUT2D eigenvalue weighted by Gasteiger charge is 2.51. The lowest BCUT2D eigenvalue weighted by Gasteiger charge is -2.18. The van der Waals surface area contributed by atoms with Crippen molar-refractivity contribution in [3.8, 4) is 5.75 Å². The largest absolute Gasteiger partial charge is 0.748 e. The van der Waals surface area contributed by atoms with Gasteiger partial charge in [0.25, 0.3) is 14.8 Å². The molecular weight excluding hydrogens is 538 g/mol. The Morgan fingerprint density at radius 1 is 1.03 bits per heavy atom. The third kappa shape index (κ3) is 5.16. The van der Waals surface area contributed by atoms with E-state index in [2.05, 4.69) is 0 Å². The molecule has 0 radical (unpaired) electrons. The van der Waals surface area contributed by atoms with Crippen LogP contribution in [0.25, 0.3) is 10.8 Å². The number of fused-ring (bicyclic) bond motifs is 3. The van der Waals surface area contributed by atoms with Gasteiger partial charge in [-0.25, -0.2) is 21.6 Å². The van der Waals surface area contributed by atoms with Crippen LogP contribution in [0.1, 0.15) is 37.0 Å².